The number of halogens is 1. The molecule has 0 spiro atoms. The van der Waals surface area contributed by atoms with Crippen molar-refractivity contribution >= 4 is 5.91 Å². The Bertz CT molecular complexity index is 450. The minimum atomic E-state index is -0.254. The van der Waals surface area contributed by atoms with Gasteiger partial charge in [-0.1, -0.05) is 12.1 Å². The lowest BCUT2D eigenvalue weighted by Crippen LogP contribution is -2.53. The number of nitrogens with zero attached hydrogens (tertiary/aromatic N) is 1. The summed E-state index contributed by atoms with van der Waals surface area (Å²) in [7, 11) is 0. The lowest BCUT2D eigenvalue weighted by atomic mass is 10.1. The molecule has 0 aromatic heterocycles. The Balaban J connectivity index is 2.11. The number of benzene rings is 1. The van der Waals surface area contributed by atoms with Gasteiger partial charge in [0.05, 0.1) is 6.04 Å². The summed E-state index contributed by atoms with van der Waals surface area (Å²) in [5.41, 5.74) is 6.85. The fourth-order valence-electron chi connectivity index (χ4n) is 2.11. The summed E-state index contributed by atoms with van der Waals surface area (Å²) >= 11 is 0. The van der Waals surface area contributed by atoms with Gasteiger partial charge in [-0.05, 0) is 18.6 Å². The molecule has 1 aliphatic heterocycles. The largest absolute Gasteiger partial charge is 0.353 e. The van der Waals surface area contributed by atoms with E-state index in [0.717, 1.165) is 12.1 Å². The third kappa shape index (κ3) is 2.68. The number of nitrogens with one attached hydrogen (secondary N) is 1. The van der Waals surface area contributed by atoms with Gasteiger partial charge in [-0.15, -0.1) is 0 Å². The second-order valence-corrected chi connectivity index (χ2v) is 4.57. The van der Waals surface area contributed by atoms with Gasteiger partial charge in [0.15, 0.2) is 0 Å². The maximum absolute atomic E-state index is 13.8. The van der Waals surface area contributed by atoms with Crippen LogP contribution < -0.4 is 11.1 Å². The second kappa shape index (κ2) is 5.46. The van der Waals surface area contributed by atoms with E-state index in [-0.39, 0.29) is 17.8 Å². The van der Waals surface area contributed by atoms with Crippen LogP contribution in [0.25, 0.3) is 0 Å². The van der Waals surface area contributed by atoms with Crippen LogP contribution >= 0.6 is 0 Å². The summed E-state index contributed by atoms with van der Waals surface area (Å²) in [5, 5.41) is 2.79. The fourth-order valence-corrected chi connectivity index (χ4v) is 2.11. The maximum atomic E-state index is 13.8. The Morgan fingerprint density at radius 1 is 1.56 bits per heavy atom. The van der Waals surface area contributed by atoms with Crippen molar-refractivity contribution in [3.8, 4) is 0 Å². The summed E-state index contributed by atoms with van der Waals surface area (Å²) in [6, 6.07) is 4.82. The summed E-state index contributed by atoms with van der Waals surface area (Å²) in [6.45, 7) is 3.97. The van der Waals surface area contributed by atoms with E-state index in [9.17, 15) is 9.18 Å². The van der Waals surface area contributed by atoms with Crippen LogP contribution in [-0.4, -0.2) is 29.9 Å². The summed E-state index contributed by atoms with van der Waals surface area (Å²) in [5.74, 6) is -0.253. The zero-order valence-electron chi connectivity index (χ0n) is 10.4. The topological polar surface area (TPSA) is 58.4 Å². The summed E-state index contributed by atoms with van der Waals surface area (Å²) in [4.78, 5) is 13.5. The molecular formula is C13H18FN3O. The van der Waals surface area contributed by atoms with E-state index in [0.29, 0.717) is 25.2 Å². The van der Waals surface area contributed by atoms with Crippen LogP contribution in [0.2, 0.25) is 0 Å². The monoisotopic (exact) mass is 251 g/mol. The number of rotatable bonds is 3. The number of nitrogens with two attached hydrogens (primary N) is 1. The van der Waals surface area contributed by atoms with Crippen molar-refractivity contribution < 1.29 is 9.18 Å². The average Bonchev–Trinajstić information content (AvgIpc) is 2.37. The molecule has 0 saturated carbocycles. The third-order valence-corrected chi connectivity index (χ3v) is 3.35. The Kier molecular flexibility index (Phi) is 3.93. The normalized spacial score (nSPS) is 20.8. The molecule has 1 unspecified atom stereocenters. The number of piperazine rings is 1. The average molecular weight is 251 g/mol. The zero-order valence-corrected chi connectivity index (χ0v) is 10.4. The van der Waals surface area contributed by atoms with Crippen LogP contribution in [0.1, 0.15) is 18.1 Å². The van der Waals surface area contributed by atoms with Crippen LogP contribution in [0.4, 0.5) is 4.39 Å². The minimum Gasteiger partial charge on any atom is -0.353 e. The Labute approximate surface area is 106 Å². The van der Waals surface area contributed by atoms with Crippen molar-refractivity contribution in [1.29, 1.82) is 0 Å². The molecule has 4 nitrogen and oxygen atoms in total. The first-order valence-electron chi connectivity index (χ1n) is 6.11. The van der Waals surface area contributed by atoms with E-state index < -0.39 is 0 Å². The van der Waals surface area contributed by atoms with Gasteiger partial charge < -0.3 is 11.1 Å². The Hall–Kier alpha value is -1.46. The van der Waals surface area contributed by atoms with E-state index in [2.05, 4.69) is 5.32 Å². The van der Waals surface area contributed by atoms with Crippen molar-refractivity contribution in [1.82, 2.24) is 10.2 Å². The number of carbonyl (C=O) groups excluding carboxylic acids is 1. The summed E-state index contributed by atoms with van der Waals surface area (Å²) < 4.78 is 13.8. The van der Waals surface area contributed by atoms with Crippen LogP contribution in [0.3, 0.4) is 0 Å². The van der Waals surface area contributed by atoms with E-state index in [1.165, 1.54) is 6.07 Å². The lowest BCUT2D eigenvalue weighted by Gasteiger charge is -2.32. The molecule has 5 heteroatoms. The summed E-state index contributed by atoms with van der Waals surface area (Å²) in [6.07, 6.45) is 0. The number of hydrogen-bond acceptors (Lipinski definition) is 3. The zero-order chi connectivity index (χ0) is 13.1. The minimum absolute atomic E-state index is 0.000219. The molecule has 0 bridgehead atoms. The molecule has 98 valence electrons. The quantitative estimate of drug-likeness (QED) is 0.827. The van der Waals surface area contributed by atoms with Gasteiger partial charge in [-0.2, -0.15) is 0 Å². The molecule has 1 aromatic rings. The van der Waals surface area contributed by atoms with E-state index >= 15 is 0 Å². The molecule has 0 aliphatic carbocycles. The molecule has 2 rings (SSSR count). The molecular weight excluding hydrogens is 233 g/mol. The van der Waals surface area contributed by atoms with Gasteiger partial charge >= 0.3 is 0 Å². The fraction of sp³-hybridized carbons (Fsp3) is 0.462. The standard InChI is InChI=1S/C13H18FN3O/c1-9-13(18)16-4-5-17(9)8-11-3-2-10(7-15)6-12(11)14/h2-3,6,9H,4-5,7-8,15H2,1H3,(H,16,18). The van der Waals surface area contributed by atoms with Gasteiger partial charge in [0, 0.05) is 31.7 Å². The van der Waals surface area contributed by atoms with E-state index in [1.807, 2.05) is 17.9 Å². The number of carbonyl (C=O) groups is 1. The van der Waals surface area contributed by atoms with Gasteiger partial charge in [0.2, 0.25) is 5.91 Å². The second-order valence-electron chi connectivity index (χ2n) is 4.57. The molecule has 1 saturated heterocycles. The molecule has 1 aromatic carbocycles. The Morgan fingerprint density at radius 2 is 2.33 bits per heavy atom. The van der Waals surface area contributed by atoms with Crippen molar-refractivity contribution in [2.45, 2.75) is 26.1 Å². The van der Waals surface area contributed by atoms with Crippen molar-refractivity contribution in [2.24, 2.45) is 5.73 Å². The molecule has 1 aliphatic rings. The smallest absolute Gasteiger partial charge is 0.237 e. The Morgan fingerprint density at radius 3 is 3.00 bits per heavy atom. The van der Waals surface area contributed by atoms with Crippen molar-refractivity contribution in [3.05, 3.63) is 35.1 Å². The molecule has 1 fully saturated rings. The highest BCUT2D eigenvalue weighted by molar-refractivity contribution is 5.81. The molecule has 1 heterocycles. The predicted octanol–water partition coefficient (Wildman–Crippen LogP) is 0.605. The van der Waals surface area contributed by atoms with E-state index in [4.69, 9.17) is 5.73 Å². The first-order valence-corrected chi connectivity index (χ1v) is 6.11. The van der Waals surface area contributed by atoms with E-state index in [1.54, 1.807) is 6.07 Å². The third-order valence-electron chi connectivity index (χ3n) is 3.35. The maximum Gasteiger partial charge on any atom is 0.237 e. The first kappa shape index (κ1) is 13.0. The SMILES string of the molecule is CC1C(=O)NCCN1Cc1ccc(CN)cc1F. The molecule has 1 atom stereocenters. The molecule has 1 amide bonds. The number of hydrogen-bond donors (Lipinski definition) is 2. The first-order chi connectivity index (χ1) is 8.61. The lowest BCUT2D eigenvalue weighted by molar-refractivity contribution is -0.128. The van der Waals surface area contributed by atoms with Gasteiger partial charge in [-0.25, -0.2) is 4.39 Å². The van der Waals surface area contributed by atoms with Gasteiger partial charge in [0.1, 0.15) is 5.82 Å². The number of amides is 1. The highest BCUT2D eigenvalue weighted by Crippen LogP contribution is 2.15. The van der Waals surface area contributed by atoms with Crippen molar-refractivity contribution in [3.63, 3.8) is 0 Å². The van der Waals surface area contributed by atoms with Crippen LogP contribution in [0.5, 0.6) is 0 Å². The predicted molar refractivity (Wildman–Crippen MR) is 67.2 cm³/mol. The highest BCUT2D eigenvalue weighted by atomic mass is 19.1. The van der Waals surface area contributed by atoms with Gasteiger partial charge in [-0.3, -0.25) is 9.69 Å². The molecule has 0 radical (unpaired) electrons. The molecule has 3 N–H and O–H groups in total. The van der Waals surface area contributed by atoms with Gasteiger partial charge in [0.25, 0.3) is 0 Å². The van der Waals surface area contributed by atoms with Crippen molar-refractivity contribution in [2.75, 3.05) is 13.1 Å². The molecule has 18 heavy (non-hydrogen) atoms. The van der Waals surface area contributed by atoms with Crippen LogP contribution in [0.15, 0.2) is 18.2 Å². The van der Waals surface area contributed by atoms with Crippen LogP contribution in [-0.2, 0) is 17.9 Å². The highest BCUT2D eigenvalue weighted by Gasteiger charge is 2.25. The van der Waals surface area contributed by atoms with Crippen LogP contribution in [0, 0.1) is 5.82 Å².